The first-order valence-corrected chi connectivity index (χ1v) is 7.14. The smallest absolute Gasteiger partial charge is 0.127 e. The van der Waals surface area contributed by atoms with Gasteiger partial charge in [0.1, 0.15) is 28.5 Å². The Balaban J connectivity index is 3.07. The fourth-order valence-electron chi connectivity index (χ4n) is 1.71. The highest BCUT2D eigenvalue weighted by Gasteiger charge is 2.17. The van der Waals surface area contributed by atoms with Gasteiger partial charge in [0.05, 0.1) is 6.10 Å². The van der Waals surface area contributed by atoms with E-state index in [1.807, 2.05) is 73.6 Å². The van der Waals surface area contributed by atoms with Crippen molar-refractivity contribution in [1.82, 2.24) is 0 Å². The molecule has 3 heteroatoms. The lowest BCUT2D eigenvalue weighted by molar-refractivity contribution is 0.119. The van der Waals surface area contributed by atoms with Crippen LogP contribution in [0.15, 0.2) is 18.2 Å². The van der Waals surface area contributed by atoms with Crippen molar-refractivity contribution in [2.75, 3.05) is 0 Å². The molecule has 0 aliphatic heterocycles. The monoisotopic (exact) mass is 280 g/mol. The summed E-state index contributed by atoms with van der Waals surface area (Å²) in [6, 6.07) is 5.71. The molecule has 3 nitrogen and oxygen atoms in total. The minimum atomic E-state index is -0.255. The minimum Gasteiger partial charge on any atom is -0.491 e. The SMILES string of the molecule is CC(C)Oc1cc(OC(C)(C)C)cc(OC(C)(C)C)c1. The van der Waals surface area contributed by atoms with Crippen molar-refractivity contribution in [3.05, 3.63) is 18.2 Å². The van der Waals surface area contributed by atoms with Crippen molar-refractivity contribution in [2.45, 2.75) is 72.7 Å². The van der Waals surface area contributed by atoms with Crippen LogP contribution in [0.1, 0.15) is 55.4 Å². The zero-order chi connectivity index (χ0) is 15.6. The van der Waals surface area contributed by atoms with Crippen LogP contribution in [0.5, 0.6) is 17.2 Å². The van der Waals surface area contributed by atoms with E-state index in [9.17, 15) is 0 Å². The fourth-order valence-corrected chi connectivity index (χ4v) is 1.71. The third-order valence-corrected chi connectivity index (χ3v) is 2.07. The Morgan fingerprint density at radius 1 is 0.700 bits per heavy atom. The molecule has 0 aliphatic carbocycles. The Bertz CT molecular complexity index is 402. The molecule has 1 aromatic rings. The van der Waals surface area contributed by atoms with Crippen molar-refractivity contribution in [1.29, 1.82) is 0 Å². The molecule has 0 saturated carbocycles. The minimum absolute atomic E-state index is 0.113. The number of ether oxygens (including phenoxy) is 3. The zero-order valence-corrected chi connectivity index (χ0v) is 14.0. The second-order valence-corrected chi connectivity index (χ2v) is 7.24. The summed E-state index contributed by atoms with van der Waals surface area (Å²) in [7, 11) is 0. The molecule has 0 saturated heterocycles. The molecule has 0 fully saturated rings. The lowest BCUT2D eigenvalue weighted by Gasteiger charge is -2.25. The molecule has 0 N–H and O–H groups in total. The van der Waals surface area contributed by atoms with E-state index in [1.165, 1.54) is 0 Å². The maximum absolute atomic E-state index is 5.92. The van der Waals surface area contributed by atoms with Crippen molar-refractivity contribution < 1.29 is 14.2 Å². The van der Waals surface area contributed by atoms with Crippen molar-refractivity contribution in [3.63, 3.8) is 0 Å². The van der Waals surface area contributed by atoms with E-state index in [-0.39, 0.29) is 17.3 Å². The molecule has 0 bridgehead atoms. The van der Waals surface area contributed by atoms with Crippen LogP contribution in [0.25, 0.3) is 0 Å². The average Bonchev–Trinajstić information content (AvgIpc) is 2.08. The molecular weight excluding hydrogens is 252 g/mol. The molecule has 0 heterocycles. The normalized spacial score (nSPS) is 12.4. The van der Waals surface area contributed by atoms with Gasteiger partial charge in [-0.2, -0.15) is 0 Å². The van der Waals surface area contributed by atoms with E-state index in [1.54, 1.807) is 0 Å². The van der Waals surface area contributed by atoms with E-state index < -0.39 is 0 Å². The zero-order valence-electron chi connectivity index (χ0n) is 14.0. The maximum atomic E-state index is 5.92. The highest BCUT2D eigenvalue weighted by molar-refractivity contribution is 5.42. The lowest BCUT2D eigenvalue weighted by atomic mass is 10.1. The Hall–Kier alpha value is -1.38. The van der Waals surface area contributed by atoms with Gasteiger partial charge in [0.25, 0.3) is 0 Å². The van der Waals surface area contributed by atoms with Gasteiger partial charge >= 0.3 is 0 Å². The van der Waals surface area contributed by atoms with E-state index in [0.29, 0.717) is 0 Å². The predicted molar refractivity (Wildman–Crippen MR) is 83.0 cm³/mol. The Kier molecular flexibility index (Phi) is 4.95. The summed E-state index contributed by atoms with van der Waals surface area (Å²) in [6.45, 7) is 16.1. The van der Waals surface area contributed by atoms with E-state index in [2.05, 4.69) is 0 Å². The van der Waals surface area contributed by atoms with Gasteiger partial charge in [-0.3, -0.25) is 0 Å². The molecule has 0 aromatic heterocycles. The molecule has 0 spiro atoms. The molecule has 114 valence electrons. The first kappa shape index (κ1) is 16.7. The van der Waals surface area contributed by atoms with Gasteiger partial charge in [0.15, 0.2) is 0 Å². The molecule has 20 heavy (non-hydrogen) atoms. The summed E-state index contributed by atoms with van der Waals surface area (Å²) in [6.07, 6.45) is 0.113. The molecule has 0 radical (unpaired) electrons. The van der Waals surface area contributed by atoms with E-state index in [4.69, 9.17) is 14.2 Å². The topological polar surface area (TPSA) is 27.7 Å². The number of benzene rings is 1. The highest BCUT2D eigenvalue weighted by Crippen LogP contribution is 2.32. The van der Waals surface area contributed by atoms with Gasteiger partial charge in [-0.05, 0) is 55.4 Å². The van der Waals surface area contributed by atoms with Crippen LogP contribution < -0.4 is 14.2 Å². The molecule has 0 unspecified atom stereocenters. The standard InChI is InChI=1S/C17H28O3/c1-12(2)18-13-9-14(19-16(3,4)5)11-15(10-13)20-17(6,7)8/h9-12H,1-8H3. The number of hydrogen-bond acceptors (Lipinski definition) is 3. The summed E-state index contributed by atoms with van der Waals surface area (Å²) in [5, 5.41) is 0. The summed E-state index contributed by atoms with van der Waals surface area (Å²) < 4.78 is 17.6. The summed E-state index contributed by atoms with van der Waals surface area (Å²) in [5.74, 6) is 2.28. The van der Waals surface area contributed by atoms with Crippen LogP contribution in [0.2, 0.25) is 0 Å². The van der Waals surface area contributed by atoms with E-state index >= 15 is 0 Å². The lowest BCUT2D eigenvalue weighted by Crippen LogP contribution is -2.24. The maximum Gasteiger partial charge on any atom is 0.127 e. The van der Waals surface area contributed by atoms with Gasteiger partial charge in [-0.25, -0.2) is 0 Å². The van der Waals surface area contributed by atoms with Crippen LogP contribution in [0.4, 0.5) is 0 Å². The van der Waals surface area contributed by atoms with Gasteiger partial charge in [-0.1, -0.05) is 0 Å². The van der Waals surface area contributed by atoms with E-state index in [0.717, 1.165) is 17.2 Å². The second kappa shape index (κ2) is 5.94. The van der Waals surface area contributed by atoms with Gasteiger partial charge in [0.2, 0.25) is 0 Å². The first-order valence-electron chi connectivity index (χ1n) is 7.14. The Labute approximate surface area is 123 Å². The third kappa shape index (κ3) is 6.69. The number of hydrogen-bond donors (Lipinski definition) is 0. The Morgan fingerprint density at radius 3 is 1.35 bits per heavy atom. The van der Waals surface area contributed by atoms with Crippen molar-refractivity contribution in [2.24, 2.45) is 0 Å². The van der Waals surface area contributed by atoms with Crippen LogP contribution >= 0.6 is 0 Å². The van der Waals surface area contributed by atoms with Crippen molar-refractivity contribution >= 4 is 0 Å². The van der Waals surface area contributed by atoms with Crippen LogP contribution in [0.3, 0.4) is 0 Å². The third-order valence-electron chi connectivity index (χ3n) is 2.07. The second-order valence-electron chi connectivity index (χ2n) is 7.24. The van der Waals surface area contributed by atoms with Gasteiger partial charge in [0, 0.05) is 18.2 Å². The van der Waals surface area contributed by atoms with Gasteiger partial charge < -0.3 is 14.2 Å². The van der Waals surface area contributed by atoms with Crippen molar-refractivity contribution in [3.8, 4) is 17.2 Å². The molecule has 1 aromatic carbocycles. The van der Waals surface area contributed by atoms with Crippen LogP contribution in [0, 0.1) is 0 Å². The van der Waals surface area contributed by atoms with Gasteiger partial charge in [-0.15, -0.1) is 0 Å². The van der Waals surface area contributed by atoms with Crippen LogP contribution in [-0.4, -0.2) is 17.3 Å². The predicted octanol–water partition coefficient (Wildman–Crippen LogP) is 4.83. The number of rotatable bonds is 4. The average molecular weight is 280 g/mol. The fraction of sp³-hybridized carbons (Fsp3) is 0.647. The largest absolute Gasteiger partial charge is 0.491 e. The molecule has 0 atom stereocenters. The molecule has 1 rings (SSSR count). The molecular formula is C17H28O3. The molecule has 0 amide bonds. The summed E-state index contributed by atoms with van der Waals surface area (Å²) in [4.78, 5) is 0. The summed E-state index contributed by atoms with van der Waals surface area (Å²) >= 11 is 0. The highest BCUT2D eigenvalue weighted by atomic mass is 16.5. The first-order chi connectivity index (χ1) is 8.94. The van der Waals surface area contributed by atoms with Crippen LogP contribution in [-0.2, 0) is 0 Å². The summed E-state index contributed by atoms with van der Waals surface area (Å²) in [5.41, 5.74) is -0.509. The quantitative estimate of drug-likeness (QED) is 0.790. The molecule has 0 aliphatic rings. The Morgan fingerprint density at radius 2 is 1.05 bits per heavy atom.